The SMILES string of the molecule is C=CC(=O)OCC(C)(C)OC(=C)Nc1ccc(C)cc1. The number of ether oxygens (including phenoxy) is 2. The van der Waals surface area contributed by atoms with Gasteiger partial charge in [-0.25, -0.2) is 4.79 Å². The normalized spacial score (nSPS) is 10.6. The Morgan fingerprint density at radius 1 is 1.35 bits per heavy atom. The first-order valence-corrected chi connectivity index (χ1v) is 6.33. The van der Waals surface area contributed by atoms with Crippen molar-refractivity contribution >= 4 is 11.7 Å². The summed E-state index contributed by atoms with van der Waals surface area (Å²) >= 11 is 0. The Hall–Kier alpha value is -2.23. The Balaban J connectivity index is 2.49. The Morgan fingerprint density at radius 2 is 1.95 bits per heavy atom. The van der Waals surface area contributed by atoms with Crippen molar-refractivity contribution in [1.29, 1.82) is 0 Å². The average molecular weight is 275 g/mol. The molecule has 0 atom stereocenters. The fourth-order valence-electron chi connectivity index (χ4n) is 1.49. The number of hydrogen-bond acceptors (Lipinski definition) is 4. The maximum Gasteiger partial charge on any atom is 0.330 e. The van der Waals surface area contributed by atoms with E-state index in [-0.39, 0.29) is 6.61 Å². The molecule has 4 heteroatoms. The van der Waals surface area contributed by atoms with Gasteiger partial charge in [-0.3, -0.25) is 0 Å². The number of carbonyl (C=O) groups excluding carboxylic acids is 1. The summed E-state index contributed by atoms with van der Waals surface area (Å²) in [4.78, 5) is 11.0. The number of benzene rings is 1. The highest BCUT2D eigenvalue weighted by molar-refractivity contribution is 5.81. The van der Waals surface area contributed by atoms with Gasteiger partial charge in [0.15, 0.2) is 5.88 Å². The van der Waals surface area contributed by atoms with E-state index in [9.17, 15) is 4.79 Å². The summed E-state index contributed by atoms with van der Waals surface area (Å²) in [5.74, 6) is -0.0766. The smallest absolute Gasteiger partial charge is 0.330 e. The molecule has 1 rings (SSSR count). The second kappa shape index (κ2) is 6.80. The number of carbonyl (C=O) groups is 1. The van der Waals surface area contributed by atoms with Gasteiger partial charge in [-0.15, -0.1) is 0 Å². The highest BCUT2D eigenvalue weighted by Crippen LogP contribution is 2.17. The molecule has 0 saturated heterocycles. The van der Waals surface area contributed by atoms with E-state index in [0.717, 1.165) is 11.8 Å². The summed E-state index contributed by atoms with van der Waals surface area (Å²) in [6.45, 7) is 12.9. The van der Waals surface area contributed by atoms with Crippen LogP contribution >= 0.6 is 0 Å². The predicted molar refractivity (Wildman–Crippen MR) is 80.3 cm³/mol. The van der Waals surface area contributed by atoms with E-state index in [1.165, 1.54) is 5.56 Å². The molecule has 0 aliphatic rings. The molecular weight excluding hydrogens is 254 g/mol. The minimum Gasteiger partial charge on any atom is -0.470 e. The summed E-state index contributed by atoms with van der Waals surface area (Å²) < 4.78 is 10.6. The first kappa shape index (κ1) is 15.8. The van der Waals surface area contributed by atoms with Crippen molar-refractivity contribution in [3.63, 3.8) is 0 Å². The average Bonchev–Trinajstić information content (AvgIpc) is 2.38. The quantitative estimate of drug-likeness (QED) is 0.470. The minimum atomic E-state index is -0.673. The van der Waals surface area contributed by atoms with Crippen molar-refractivity contribution in [3.8, 4) is 0 Å². The van der Waals surface area contributed by atoms with Crippen LogP contribution in [-0.2, 0) is 14.3 Å². The lowest BCUT2D eigenvalue weighted by atomic mass is 10.1. The van der Waals surface area contributed by atoms with E-state index in [0.29, 0.717) is 5.88 Å². The molecule has 0 bridgehead atoms. The summed E-state index contributed by atoms with van der Waals surface area (Å²) in [5, 5.41) is 3.05. The van der Waals surface area contributed by atoms with Crippen LogP contribution in [0.3, 0.4) is 0 Å². The van der Waals surface area contributed by atoms with Crippen LogP contribution < -0.4 is 5.32 Å². The summed E-state index contributed by atoms with van der Waals surface area (Å²) in [6, 6.07) is 7.86. The van der Waals surface area contributed by atoms with E-state index >= 15 is 0 Å². The second-order valence-corrected chi connectivity index (χ2v) is 5.09. The Morgan fingerprint density at radius 3 is 2.50 bits per heavy atom. The highest BCUT2D eigenvalue weighted by atomic mass is 16.6. The molecule has 1 aromatic rings. The molecule has 0 heterocycles. The van der Waals surface area contributed by atoms with E-state index in [1.54, 1.807) is 0 Å². The number of rotatable bonds is 7. The van der Waals surface area contributed by atoms with Crippen LogP contribution in [0.25, 0.3) is 0 Å². The third-order valence-electron chi connectivity index (χ3n) is 2.46. The Kier molecular flexibility index (Phi) is 5.38. The molecule has 108 valence electrons. The standard InChI is InChI=1S/C16H21NO3/c1-6-15(18)19-11-16(4,5)20-13(3)17-14-9-7-12(2)8-10-14/h6-10,17H,1,3,11H2,2,4-5H3. The molecule has 20 heavy (non-hydrogen) atoms. The van der Waals surface area contributed by atoms with Gasteiger partial charge in [0.25, 0.3) is 0 Å². The van der Waals surface area contributed by atoms with Gasteiger partial charge >= 0.3 is 5.97 Å². The van der Waals surface area contributed by atoms with Gasteiger partial charge in [0.2, 0.25) is 0 Å². The topological polar surface area (TPSA) is 47.6 Å². The number of esters is 1. The summed E-state index contributed by atoms with van der Waals surface area (Å²) in [7, 11) is 0. The zero-order valence-electron chi connectivity index (χ0n) is 12.2. The molecule has 1 N–H and O–H groups in total. The maximum absolute atomic E-state index is 11.0. The minimum absolute atomic E-state index is 0.118. The number of nitrogens with one attached hydrogen (secondary N) is 1. The predicted octanol–water partition coefficient (Wildman–Crippen LogP) is 3.40. The lowest BCUT2D eigenvalue weighted by molar-refractivity contribution is -0.144. The molecule has 0 fully saturated rings. The lowest BCUT2D eigenvalue weighted by Gasteiger charge is -2.27. The second-order valence-electron chi connectivity index (χ2n) is 5.09. The van der Waals surface area contributed by atoms with Crippen LogP contribution in [0.5, 0.6) is 0 Å². The largest absolute Gasteiger partial charge is 0.470 e. The molecule has 0 unspecified atom stereocenters. The third kappa shape index (κ3) is 5.61. The van der Waals surface area contributed by atoms with Crippen molar-refractivity contribution in [1.82, 2.24) is 0 Å². The van der Waals surface area contributed by atoms with Gasteiger partial charge in [-0.2, -0.15) is 0 Å². The van der Waals surface area contributed by atoms with Gasteiger partial charge in [0, 0.05) is 11.8 Å². The van der Waals surface area contributed by atoms with E-state index in [1.807, 2.05) is 45.0 Å². The van der Waals surface area contributed by atoms with Crippen molar-refractivity contribution < 1.29 is 14.3 Å². The van der Waals surface area contributed by atoms with Crippen LogP contribution in [0.4, 0.5) is 5.69 Å². The van der Waals surface area contributed by atoms with Crippen molar-refractivity contribution in [2.24, 2.45) is 0 Å². The first-order valence-electron chi connectivity index (χ1n) is 6.33. The van der Waals surface area contributed by atoms with E-state index in [4.69, 9.17) is 9.47 Å². The first-order chi connectivity index (χ1) is 9.32. The summed E-state index contributed by atoms with van der Waals surface area (Å²) in [6.07, 6.45) is 1.12. The number of anilines is 1. The lowest BCUT2D eigenvalue weighted by Crippen LogP contribution is -2.32. The van der Waals surface area contributed by atoms with Crippen LogP contribution in [0, 0.1) is 6.92 Å². The molecule has 0 saturated carbocycles. The van der Waals surface area contributed by atoms with E-state index < -0.39 is 11.6 Å². The fourth-order valence-corrected chi connectivity index (χ4v) is 1.49. The number of aryl methyl sites for hydroxylation is 1. The third-order valence-corrected chi connectivity index (χ3v) is 2.46. The molecule has 0 aliphatic heterocycles. The van der Waals surface area contributed by atoms with Gasteiger partial charge in [0.1, 0.15) is 12.2 Å². The zero-order chi connectivity index (χ0) is 15.2. The molecule has 1 aromatic carbocycles. The Bertz CT molecular complexity index is 489. The molecule has 0 aromatic heterocycles. The highest BCUT2D eigenvalue weighted by Gasteiger charge is 2.22. The molecule has 4 nitrogen and oxygen atoms in total. The van der Waals surface area contributed by atoms with Crippen LogP contribution in [0.1, 0.15) is 19.4 Å². The van der Waals surface area contributed by atoms with Crippen LogP contribution in [0.15, 0.2) is 49.4 Å². The van der Waals surface area contributed by atoms with Gasteiger partial charge in [0.05, 0.1) is 0 Å². The van der Waals surface area contributed by atoms with Crippen LogP contribution in [-0.4, -0.2) is 18.2 Å². The monoisotopic (exact) mass is 275 g/mol. The Labute approximate surface area is 120 Å². The van der Waals surface area contributed by atoms with Gasteiger partial charge < -0.3 is 14.8 Å². The molecule has 0 aliphatic carbocycles. The molecular formula is C16H21NO3. The molecule has 0 radical (unpaired) electrons. The molecule has 0 amide bonds. The maximum atomic E-state index is 11.0. The fraction of sp³-hybridized carbons (Fsp3) is 0.312. The molecule has 0 spiro atoms. The zero-order valence-corrected chi connectivity index (χ0v) is 12.2. The van der Waals surface area contributed by atoms with Gasteiger partial charge in [-0.05, 0) is 39.5 Å². The summed E-state index contributed by atoms with van der Waals surface area (Å²) in [5.41, 5.74) is 1.39. The van der Waals surface area contributed by atoms with E-state index in [2.05, 4.69) is 18.5 Å². The van der Waals surface area contributed by atoms with Crippen LogP contribution in [0.2, 0.25) is 0 Å². The van der Waals surface area contributed by atoms with Crippen molar-refractivity contribution in [2.45, 2.75) is 26.4 Å². The van der Waals surface area contributed by atoms with Crippen molar-refractivity contribution in [3.05, 3.63) is 54.9 Å². The number of hydrogen-bond donors (Lipinski definition) is 1. The van der Waals surface area contributed by atoms with Gasteiger partial charge in [-0.1, -0.05) is 24.3 Å². The van der Waals surface area contributed by atoms with Crippen molar-refractivity contribution in [2.75, 3.05) is 11.9 Å².